The first-order valence-electron chi connectivity index (χ1n) is 4.89. The lowest BCUT2D eigenvalue weighted by Gasteiger charge is -2.14. The minimum atomic E-state index is 0.229. The molecule has 1 atom stereocenters. The van der Waals surface area contributed by atoms with Crippen LogP contribution in [0.4, 0.5) is 0 Å². The Hall–Kier alpha value is -0.790. The van der Waals surface area contributed by atoms with E-state index in [-0.39, 0.29) is 6.04 Å². The molecule has 0 aliphatic heterocycles. The van der Waals surface area contributed by atoms with Crippen LogP contribution in [-0.2, 0) is 0 Å². The van der Waals surface area contributed by atoms with Crippen molar-refractivity contribution in [3.63, 3.8) is 0 Å². The van der Waals surface area contributed by atoms with Crippen LogP contribution in [0.25, 0.3) is 0 Å². The monoisotopic (exact) mass is 209 g/mol. The molecule has 0 saturated heterocycles. The van der Waals surface area contributed by atoms with Gasteiger partial charge in [0.05, 0.1) is 6.04 Å². The average Bonchev–Trinajstić information content (AvgIpc) is 2.21. The van der Waals surface area contributed by atoms with Crippen LogP contribution in [0, 0.1) is 0 Å². The number of hydrogen-bond donors (Lipinski definition) is 1. The highest BCUT2D eigenvalue weighted by atomic mass is 35.5. The van der Waals surface area contributed by atoms with Crippen molar-refractivity contribution in [2.24, 2.45) is 0 Å². The van der Waals surface area contributed by atoms with Crippen molar-refractivity contribution in [2.75, 3.05) is 6.54 Å². The topological polar surface area (TPSA) is 12.0 Å². The first-order valence-corrected chi connectivity index (χ1v) is 5.27. The lowest BCUT2D eigenvalue weighted by Crippen LogP contribution is -2.19. The van der Waals surface area contributed by atoms with Crippen molar-refractivity contribution in [3.05, 3.63) is 47.5 Å². The van der Waals surface area contributed by atoms with Crippen LogP contribution in [-0.4, -0.2) is 6.54 Å². The Morgan fingerprint density at radius 1 is 1.43 bits per heavy atom. The van der Waals surface area contributed by atoms with E-state index in [0.29, 0.717) is 0 Å². The Labute approximate surface area is 90.8 Å². The minimum absolute atomic E-state index is 0.229. The first-order chi connectivity index (χ1) is 6.77. The molecule has 1 nitrogen and oxygen atoms in total. The summed E-state index contributed by atoms with van der Waals surface area (Å²) in [6, 6.07) is 8.09. The van der Waals surface area contributed by atoms with Crippen LogP contribution in [0.15, 0.2) is 36.9 Å². The maximum absolute atomic E-state index is 5.82. The van der Waals surface area contributed by atoms with Gasteiger partial charge in [-0.2, -0.15) is 0 Å². The Kier molecular flexibility index (Phi) is 4.71. The molecule has 0 amide bonds. The highest BCUT2D eigenvalue weighted by Gasteiger charge is 2.04. The lowest BCUT2D eigenvalue weighted by atomic mass is 10.1. The summed E-state index contributed by atoms with van der Waals surface area (Å²) in [7, 11) is 0. The van der Waals surface area contributed by atoms with Crippen LogP contribution >= 0.6 is 11.6 Å². The summed E-state index contributed by atoms with van der Waals surface area (Å²) < 4.78 is 0. The number of halogens is 1. The Balaban J connectivity index is 2.68. The van der Waals surface area contributed by atoms with Gasteiger partial charge in [0.25, 0.3) is 0 Å². The molecule has 76 valence electrons. The summed E-state index contributed by atoms with van der Waals surface area (Å²) >= 11 is 5.82. The van der Waals surface area contributed by atoms with Crippen LogP contribution in [0.5, 0.6) is 0 Å². The van der Waals surface area contributed by atoms with Gasteiger partial charge in [-0.15, -0.1) is 6.58 Å². The van der Waals surface area contributed by atoms with E-state index in [4.69, 9.17) is 11.6 Å². The van der Waals surface area contributed by atoms with E-state index in [1.165, 1.54) is 5.56 Å². The van der Waals surface area contributed by atoms with Crippen molar-refractivity contribution in [2.45, 2.75) is 19.4 Å². The maximum atomic E-state index is 5.82. The predicted octanol–water partition coefficient (Wildman–Crippen LogP) is 3.57. The second-order valence-electron chi connectivity index (χ2n) is 3.22. The Morgan fingerprint density at radius 3 is 2.57 bits per heavy atom. The van der Waals surface area contributed by atoms with Crippen molar-refractivity contribution < 1.29 is 0 Å². The molecule has 1 aromatic rings. The number of rotatable bonds is 5. The standard InChI is InChI=1S/C12H16ClN/c1-3-9-14-12(4-2)10-5-7-11(13)8-6-10/h4-8,12,14H,2-3,9H2,1H3/t12-/m1/s1. The normalized spacial score (nSPS) is 12.4. The Bertz CT molecular complexity index is 279. The smallest absolute Gasteiger partial charge is 0.0503 e. The van der Waals surface area contributed by atoms with Gasteiger partial charge in [0, 0.05) is 5.02 Å². The summed E-state index contributed by atoms with van der Waals surface area (Å²) in [6.45, 7) is 6.96. The van der Waals surface area contributed by atoms with Gasteiger partial charge in [-0.05, 0) is 30.7 Å². The van der Waals surface area contributed by atoms with E-state index >= 15 is 0 Å². The molecule has 14 heavy (non-hydrogen) atoms. The summed E-state index contributed by atoms with van der Waals surface area (Å²) in [4.78, 5) is 0. The fourth-order valence-electron chi connectivity index (χ4n) is 1.31. The van der Waals surface area contributed by atoms with Gasteiger partial charge in [-0.25, -0.2) is 0 Å². The molecule has 0 bridgehead atoms. The molecule has 2 heteroatoms. The molecule has 0 spiro atoms. The summed E-state index contributed by atoms with van der Waals surface area (Å²) in [5.41, 5.74) is 1.21. The highest BCUT2D eigenvalue weighted by molar-refractivity contribution is 6.30. The van der Waals surface area contributed by atoms with Crippen molar-refractivity contribution in [1.82, 2.24) is 5.32 Å². The van der Waals surface area contributed by atoms with E-state index < -0.39 is 0 Å². The van der Waals surface area contributed by atoms with Crippen LogP contribution in [0.3, 0.4) is 0 Å². The molecule has 1 rings (SSSR count). The highest BCUT2D eigenvalue weighted by Crippen LogP contribution is 2.17. The summed E-state index contributed by atoms with van der Waals surface area (Å²) in [5, 5.41) is 4.16. The molecule has 1 N–H and O–H groups in total. The van der Waals surface area contributed by atoms with Gasteiger partial charge in [0.1, 0.15) is 0 Å². The second-order valence-corrected chi connectivity index (χ2v) is 3.66. The third-order valence-corrected chi connectivity index (χ3v) is 2.33. The molecule has 0 unspecified atom stereocenters. The van der Waals surface area contributed by atoms with E-state index in [9.17, 15) is 0 Å². The van der Waals surface area contributed by atoms with Gasteiger partial charge in [0.2, 0.25) is 0 Å². The molecule has 1 aromatic carbocycles. The average molecular weight is 210 g/mol. The molecular weight excluding hydrogens is 194 g/mol. The van der Waals surface area contributed by atoms with Crippen LogP contribution in [0.2, 0.25) is 5.02 Å². The van der Waals surface area contributed by atoms with Crippen LogP contribution < -0.4 is 5.32 Å². The van der Waals surface area contributed by atoms with Gasteiger partial charge >= 0.3 is 0 Å². The van der Waals surface area contributed by atoms with Gasteiger partial charge in [-0.1, -0.05) is 36.7 Å². The minimum Gasteiger partial charge on any atom is -0.307 e. The van der Waals surface area contributed by atoms with E-state index in [2.05, 4.69) is 18.8 Å². The van der Waals surface area contributed by atoms with Crippen molar-refractivity contribution in [1.29, 1.82) is 0 Å². The van der Waals surface area contributed by atoms with E-state index in [1.54, 1.807) is 0 Å². The second kappa shape index (κ2) is 5.84. The lowest BCUT2D eigenvalue weighted by molar-refractivity contribution is 0.613. The van der Waals surface area contributed by atoms with Gasteiger partial charge in [-0.3, -0.25) is 0 Å². The molecule has 0 saturated carbocycles. The molecule has 0 fully saturated rings. The zero-order valence-electron chi connectivity index (χ0n) is 8.46. The molecule has 0 radical (unpaired) electrons. The van der Waals surface area contributed by atoms with Gasteiger partial charge < -0.3 is 5.32 Å². The fraction of sp³-hybridized carbons (Fsp3) is 0.333. The third kappa shape index (κ3) is 3.17. The van der Waals surface area contributed by atoms with Gasteiger partial charge in [0.15, 0.2) is 0 Å². The largest absolute Gasteiger partial charge is 0.307 e. The van der Waals surface area contributed by atoms with Crippen LogP contribution in [0.1, 0.15) is 24.9 Å². The molecule has 0 aromatic heterocycles. The summed E-state index contributed by atoms with van der Waals surface area (Å²) in [5.74, 6) is 0. The SMILES string of the molecule is C=C[C@@H](NCCC)c1ccc(Cl)cc1. The van der Waals surface area contributed by atoms with E-state index in [0.717, 1.165) is 18.0 Å². The third-order valence-electron chi connectivity index (χ3n) is 2.08. The molecular formula is C12H16ClN. The zero-order chi connectivity index (χ0) is 10.4. The fourth-order valence-corrected chi connectivity index (χ4v) is 1.43. The number of hydrogen-bond acceptors (Lipinski definition) is 1. The molecule has 0 heterocycles. The quantitative estimate of drug-likeness (QED) is 0.732. The number of nitrogens with one attached hydrogen (secondary N) is 1. The Morgan fingerprint density at radius 2 is 2.07 bits per heavy atom. The molecule has 0 aliphatic carbocycles. The van der Waals surface area contributed by atoms with E-state index in [1.807, 2.05) is 30.3 Å². The molecule has 0 aliphatic rings. The van der Waals surface area contributed by atoms with Crippen molar-refractivity contribution >= 4 is 11.6 Å². The predicted molar refractivity (Wildman–Crippen MR) is 62.7 cm³/mol. The number of benzene rings is 1. The zero-order valence-corrected chi connectivity index (χ0v) is 9.22. The van der Waals surface area contributed by atoms with Crippen molar-refractivity contribution in [3.8, 4) is 0 Å². The maximum Gasteiger partial charge on any atom is 0.0503 e. The first kappa shape index (κ1) is 11.3. The summed E-state index contributed by atoms with van der Waals surface area (Å²) in [6.07, 6.45) is 3.04.